The molecule has 0 saturated heterocycles. The molecule has 0 bridgehead atoms. The van der Waals surface area contributed by atoms with Crippen LogP contribution in [0.4, 0.5) is 0 Å². The summed E-state index contributed by atoms with van der Waals surface area (Å²) in [6, 6.07) is 10.1. The molecule has 1 aromatic carbocycles. The maximum Gasteiger partial charge on any atom is 0.0393 e. The van der Waals surface area contributed by atoms with Crippen LogP contribution >= 0.6 is 0 Å². The van der Waals surface area contributed by atoms with Crippen molar-refractivity contribution in [2.45, 2.75) is 18.9 Å². The lowest BCUT2D eigenvalue weighted by Crippen LogP contribution is -2.35. The fourth-order valence-electron chi connectivity index (χ4n) is 1.26. The Bertz CT molecular complexity index is 229. The SMILES string of the molecule is CC(N)(CCN)c1ccccc1. The summed E-state index contributed by atoms with van der Waals surface area (Å²) in [5, 5.41) is 0. The molecule has 1 unspecified atom stereocenters. The van der Waals surface area contributed by atoms with Gasteiger partial charge in [0.05, 0.1) is 0 Å². The summed E-state index contributed by atoms with van der Waals surface area (Å²) in [4.78, 5) is 0. The maximum atomic E-state index is 6.07. The van der Waals surface area contributed by atoms with E-state index in [2.05, 4.69) is 0 Å². The standard InChI is InChI=1S/C10H16N2/c1-10(12,7-8-11)9-5-3-2-4-6-9/h2-6H,7-8,11-12H2,1H3. The van der Waals surface area contributed by atoms with Crippen molar-refractivity contribution < 1.29 is 0 Å². The van der Waals surface area contributed by atoms with E-state index >= 15 is 0 Å². The molecule has 0 spiro atoms. The zero-order valence-electron chi connectivity index (χ0n) is 7.46. The van der Waals surface area contributed by atoms with Gasteiger partial charge >= 0.3 is 0 Å². The molecule has 1 atom stereocenters. The summed E-state index contributed by atoms with van der Waals surface area (Å²) in [7, 11) is 0. The van der Waals surface area contributed by atoms with Crippen molar-refractivity contribution in [2.24, 2.45) is 11.5 Å². The summed E-state index contributed by atoms with van der Waals surface area (Å²) in [6.45, 7) is 2.64. The molecule has 2 nitrogen and oxygen atoms in total. The van der Waals surface area contributed by atoms with E-state index in [9.17, 15) is 0 Å². The van der Waals surface area contributed by atoms with Gasteiger partial charge in [0, 0.05) is 5.54 Å². The molecule has 2 heteroatoms. The molecule has 12 heavy (non-hydrogen) atoms. The van der Waals surface area contributed by atoms with Crippen LogP contribution in [0.5, 0.6) is 0 Å². The van der Waals surface area contributed by atoms with Crippen LogP contribution in [0.3, 0.4) is 0 Å². The first-order valence-corrected chi connectivity index (χ1v) is 4.21. The van der Waals surface area contributed by atoms with Crippen molar-refractivity contribution in [3.63, 3.8) is 0 Å². The van der Waals surface area contributed by atoms with Crippen LogP contribution in [0.1, 0.15) is 18.9 Å². The van der Waals surface area contributed by atoms with E-state index < -0.39 is 0 Å². The second-order valence-electron chi connectivity index (χ2n) is 3.32. The molecule has 0 saturated carbocycles. The molecular formula is C10H16N2. The molecule has 1 aromatic rings. The Hall–Kier alpha value is -0.860. The van der Waals surface area contributed by atoms with E-state index in [1.807, 2.05) is 37.3 Å². The first-order chi connectivity index (χ1) is 5.67. The first-order valence-electron chi connectivity index (χ1n) is 4.21. The van der Waals surface area contributed by atoms with E-state index in [1.165, 1.54) is 0 Å². The van der Waals surface area contributed by atoms with Gasteiger partial charge < -0.3 is 11.5 Å². The molecule has 4 N–H and O–H groups in total. The summed E-state index contributed by atoms with van der Waals surface area (Å²) < 4.78 is 0. The molecule has 1 rings (SSSR count). The maximum absolute atomic E-state index is 6.07. The van der Waals surface area contributed by atoms with Crippen LogP contribution in [0.15, 0.2) is 30.3 Å². The Morgan fingerprint density at radius 3 is 2.33 bits per heavy atom. The lowest BCUT2D eigenvalue weighted by atomic mass is 9.90. The largest absolute Gasteiger partial charge is 0.330 e. The van der Waals surface area contributed by atoms with Gasteiger partial charge in [-0.3, -0.25) is 0 Å². The Morgan fingerprint density at radius 1 is 1.25 bits per heavy atom. The quantitative estimate of drug-likeness (QED) is 0.705. The highest BCUT2D eigenvalue weighted by atomic mass is 14.7. The van der Waals surface area contributed by atoms with Gasteiger partial charge in [0.15, 0.2) is 0 Å². The van der Waals surface area contributed by atoms with Crippen LogP contribution in [-0.4, -0.2) is 6.54 Å². The minimum atomic E-state index is -0.282. The molecular weight excluding hydrogens is 148 g/mol. The second kappa shape index (κ2) is 3.70. The third-order valence-corrected chi connectivity index (χ3v) is 2.10. The van der Waals surface area contributed by atoms with E-state index in [0.717, 1.165) is 12.0 Å². The van der Waals surface area contributed by atoms with Gasteiger partial charge in [0.2, 0.25) is 0 Å². The van der Waals surface area contributed by atoms with Gasteiger partial charge in [-0.25, -0.2) is 0 Å². The fourth-order valence-corrected chi connectivity index (χ4v) is 1.26. The Labute approximate surface area is 73.6 Å². The summed E-state index contributed by atoms with van der Waals surface area (Å²) in [5.41, 5.74) is 12.4. The molecule has 0 radical (unpaired) electrons. The Kier molecular flexibility index (Phi) is 2.84. The van der Waals surface area contributed by atoms with Crippen LogP contribution in [0, 0.1) is 0 Å². The third kappa shape index (κ3) is 2.06. The number of hydrogen-bond acceptors (Lipinski definition) is 2. The Balaban J connectivity index is 2.82. The highest BCUT2D eigenvalue weighted by Crippen LogP contribution is 2.19. The zero-order valence-corrected chi connectivity index (χ0v) is 7.46. The average Bonchev–Trinajstić information content (AvgIpc) is 2.06. The van der Waals surface area contributed by atoms with Gasteiger partial charge in [-0.2, -0.15) is 0 Å². The van der Waals surface area contributed by atoms with Crippen molar-refractivity contribution in [2.75, 3.05) is 6.54 Å². The molecule has 0 aliphatic heterocycles. The molecule has 66 valence electrons. The number of hydrogen-bond donors (Lipinski definition) is 2. The highest BCUT2D eigenvalue weighted by Gasteiger charge is 2.18. The van der Waals surface area contributed by atoms with Crippen LogP contribution in [0.2, 0.25) is 0 Å². The van der Waals surface area contributed by atoms with Crippen LogP contribution in [0.25, 0.3) is 0 Å². The minimum absolute atomic E-state index is 0.282. The van der Waals surface area contributed by atoms with Crippen LogP contribution in [-0.2, 0) is 5.54 Å². The molecule has 0 aliphatic rings. The van der Waals surface area contributed by atoms with E-state index in [1.54, 1.807) is 0 Å². The molecule has 0 aliphatic carbocycles. The Morgan fingerprint density at radius 2 is 1.83 bits per heavy atom. The molecule has 0 heterocycles. The normalized spacial score (nSPS) is 15.6. The number of nitrogens with two attached hydrogens (primary N) is 2. The summed E-state index contributed by atoms with van der Waals surface area (Å²) >= 11 is 0. The predicted octanol–water partition coefficient (Wildman–Crippen LogP) is 1.21. The van der Waals surface area contributed by atoms with Crippen molar-refractivity contribution in [1.82, 2.24) is 0 Å². The zero-order chi connectivity index (χ0) is 9.03. The molecule has 0 aromatic heterocycles. The van der Waals surface area contributed by atoms with Gasteiger partial charge in [0.1, 0.15) is 0 Å². The topological polar surface area (TPSA) is 52.0 Å². The number of benzene rings is 1. The summed E-state index contributed by atoms with van der Waals surface area (Å²) in [6.07, 6.45) is 0.816. The van der Waals surface area contributed by atoms with E-state index in [-0.39, 0.29) is 5.54 Å². The van der Waals surface area contributed by atoms with Crippen molar-refractivity contribution in [3.05, 3.63) is 35.9 Å². The van der Waals surface area contributed by atoms with E-state index in [4.69, 9.17) is 11.5 Å². The molecule has 0 fully saturated rings. The fraction of sp³-hybridized carbons (Fsp3) is 0.400. The van der Waals surface area contributed by atoms with Crippen molar-refractivity contribution in [3.8, 4) is 0 Å². The number of rotatable bonds is 3. The second-order valence-corrected chi connectivity index (χ2v) is 3.32. The van der Waals surface area contributed by atoms with Crippen molar-refractivity contribution in [1.29, 1.82) is 0 Å². The van der Waals surface area contributed by atoms with Gasteiger partial charge in [-0.05, 0) is 25.5 Å². The molecule has 0 amide bonds. The van der Waals surface area contributed by atoms with Gasteiger partial charge in [-0.15, -0.1) is 0 Å². The minimum Gasteiger partial charge on any atom is -0.330 e. The smallest absolute Gasteiger partial charge is 0.0393 e. The van der Waals surface area contributed by atoms with Crippen molar-refractivity contribution >= 4 is 0 Å². The average molecular weight is 164 g/mol. The monoisotopic (exact) mass is 164 g/mol. The third-order valence-electron chi connectivity index (χ3n) is 2.10. The predicted molar refractivity (Wildman–Crippen MR) is 51.7 cm³/mol. The van der Waals surface area contributed by atoms with E-state index in [0.29, 0.717) is 6.54 Å². The summed E-state index contributed by atoms with van der Waals surface area (Å²) in [5.74, 6) is 0. The lowest BCUT2D eigenvalue weighted by molar-refractivity contribution is 0.460. The highest BCUT2D eigenvalue weighted by molar-refractivity contribution is 5.22. The first kappa shape index (κ1) is 9.23. The van der Waals surface area contributed by atoms with Gasteiger partial charge in [-0.1, -0.05) is 30.3 Å². The van der Waals surface area contributed by atoms with Gasteiger partial charge in [0.25, 0.3) is 0 Å². The van der Waals surface area contributed by atoms with Crippen LogP contribution < -0.4 is 11.5 Å². The lowest BCUT2D eigenvalue weighted by Gasteiger charge is -2.24.